The molecule has 6 heteroatoms. The monoisotopic (exact) mass is 579 g/mol. The third kappa shape index (κ3) is 21.0. The third-order valence-corrected chi connectivity index (χ3v) is 8.77. The SMILES string of the molecule is CCCCCCCCC(CC)OC(=O)CCCCCCCN(CCCCCCCC=O)CCCNC(=O)C1(C)CC1. The second-order valence-electron chi connectivity index (χ2n) is 12.8. The summed E-state index contributed by atoms with van der Waals surface area (Å²) >= 11 is 0. The fourth-order valence-electron chi connectivity index (χ4n) is 5.44. The van der Waals surface area contributed by atoms with E-state index in [0.29, 0.717) is 12.8 Å². The van der Waals surface area contributed by atoms with Gasteiger partial charge in [0, 0.05) is 24.8 Å². The van der Waals surface area contributed by atoms with E-state index < -0.39 is 0 Å². The van der Waals surface area contributed by atoms with Crippen molar-refractivity contribution in [3.05, 3.63) is 0 Å². The molecule has 0 heterocycles. The van der Waals surface area contributed by atoms with Gasteiger partial charge in [0.15, 0.2) is 0 Å². The molecular weight excluding hydrogens is 512 g/mol. The number of carbonyl (C=O) groups is 3. The molecule has 0 bridgehead atoms. The van der Waals surface area contributed by atoms with Crippen LogP contribution in [0.15, 0.2) is 0 Å². The molecule has 1 aliphatic carbocycles. The first-order chi connectivity index (χ1) is 19.9. The Kier molecular flexibility index (Phi) is 23.0. The maximum absolute atomic E-state index is 12.3. The molecule has 1 unspecified atom stereocenters. The number of carbonyl (C=O) groups excluding carboxylic acids is 3. The average Bonchev–Trinajstić information content (AvgIpc) is 3.73. The zero-order valence-electron chi connectivity index (χ0n) is 27.3. The van der Waals surface area contributed by atoms with Crippen LogP contribution in [0.2, 0.25) is 0 Å². The third-order valence-electron chi connectivity index (χ3n) is 8.77. The van der Waals surface area contributed by atoms with Crippen LogP contribution in [-0.4, -0.2) is 55.3 Å². The van der Waals surface area contributed by atoms with E-state index in [1.165, 1.54) is 77.0 Å². The molecule has 1 N–H and O–H groups in total. The quantitative estimate of drug-likeness (QED) is 0.0525. The highest BCUT2D eigenvalue weighted by molar-refractivity contribution is 5.84. The lowest BCUT2D eigenvalue weighted by molar-refractivity contribution is -0.149. The molecule has 6 nitrogen and oxygen atoms in total. The number of nitrogens with one attached hydrogen (secondary N) is 1. The lowest BCUT2D eigenvalue weighted by Crippen LogP contribution is -2.34. The fourth-order valence-corrected chi connectivity index (χ4v) is 5.44. The van der Waals surface area contributed by atoms with Gasteiger partial charge in [0.2, 0.25) is 5.91 Å². The number of ether oxygens (including phenoxy) is 1. The first-order valence-corrected chi connectivity index (χ1v) is 17.6. The number of nitrogens with zero attached hydrogens (tertiary/aromatic N) is 1. The van der Waals surface area contributed by atoms with Gasteiger partial charge in [-0.1, -0.05) is 91.4 Å². The summed E-state index contributed by atoms with van der Waals surface area (Å²) in [6.07, 6.45) is 26.4. The van der Waals surface area contributed by atoms with Crippen LogP contribution >= 0.6 is 0 Å². The molecule has 41 heavy (non-hydrogen) atoms. The molecule has 1 saturated carbocycles. The molecule has 1 rings (SSSR count). The minimum atomic E-state index is -0.0917. The highest BCUT2D eigenvalue weighted by atomic mass is 16.5. The van der Waals surface area contributed by atoms with Gasteiger partial charge >= 0.3 is 5.97 Å². The van der Waals surface area contributed by atoms with E-state index in [1.54, 1.807) is 0 Å². The highest BCUT2D eigenvalue weighted by Crippen LogP contribution is 2.44. The number of unbranched alkanes of at least 4 members (excludes halogenated alkanes) is 14. The minimum absolute atomic E-state index is 0.0112. The average molecular weight is 579 g/mol. The van der Waals surface area contributed by atoms with E-state index in [-0.39, 0.29) is 23.4 Å². The molecule has 0 saturated heterocycles. The molecule has 0 aromatic rings. The summed E-state index contributed by atoms with van der Waals surface area (Å²) in [5.41, 5.74) is -0.0917. The number of amides is 1. The van der Waals surface area contributed by atoms with Crippen molar-refractivity contribution in [3.63, 3.8) is 0 Å². The number of rotatable bonds is 30. The van der Waals surface area contributed by atoms with Gasteiger partial charge < -0.3 is 19.7 Å². The molecule has 1 aliphatic rings. The van der Waals surface area contributed by atoms with Crippen molar-refractivity contribution in [2.24, 2.45) is 5.41 Å². The van der Waals surface area contributed by atoms with Gasteiger partial charge in [-0.15, -0.1) is 0 Å². The summed E-state index contributed by atoms with van der Waals surface area (Å²) in [7, 11) is 0. The molecule has 240 valence electrons. The van der Waals surface area contributed by atoms with Crippen LogP contribution < -0.4 is 5.32 Å². The van der Waals surface area contributed by atoms with Crippen molar-refractivity contribution in [3.8, 4) is 0 Å². The summed E-state index contributed by atoms with van der Waals surface area (Å²) in [4.78, 5) is 37.6. The Morgan fingerprint density at radius 1 is 0.780 bits per heavy atom. The van der Waals surface area contributed by atoms with Crippen LogP contribution in [0.25, 0.3) is 0 Å². The van der Waals surface area contributed by atoms with Gasteiger partial charge in [-0.2, -0.15) is 0 Å². The maximum atomic E-state index is 12.3. The van der Waals surface area contributed by atoms with Gasteiger partial charge in [-0.3, -0.25) is 9.59 Å². The predicted molar refractivity (Wildman–Crippen MR) is 171 cm³/mol. The Balaban J connectivity index is 2.16. The Hall–Kier alpha value is -1.43. The van der Waals surface area contributed by atoms with Crippen LogP contribution in [0.5, 0.6) is 0 Å². The zero-order chi connectivity index (χ0) is 30.0. The highest BCUT2D eigenvalue weighted by Gasteiger charge is 2.44. The zero-order valence-corrected chi connectivity index (χ0v) is 27.3. The minimum Gasteiger partial charge on any atom is -0.462 e. The lowest BCUT2D eigenvalue weighted by Gasteiger charge is -2.22. The van der Waals surface area contributed by atoms with Crippen molar-refractivity contribution in [2.75, 3.05) is 26.2 Å². The fraction of sp³-hybridized carbons (Fsp3) is 0.914. The topological polar surface area (TPSA) is 75.7 Å². The summed E-state index contributed by atoms with van der Waals surface area (Å²) in [6.45, 7) is 10.5. The molecule has 1 fully saturated rings. The van der Waals surface area contributed by atoms with E-state index in [2.05, 4.69) is 31.0 Å². The smallest absolute Gasteiger partial charge is 0.306 e. The largest absolute Gasteiger partial charge is 0.462 e. The maximum Gasteiger partial charge on any atom is 0.306 e. The second-order valence-corrected chi connectivity index (χ2v) is 12.8. The molecule has 1 amide bonds. The number of hydrogen-bond donors (Lipinski definition) is 1. The van der Waals surface area contributed by atoms with Crippen molar-refractivity contribution >= 4 is 18.2 Å². The van der Waals surface area contributed by atoms with Crippen molar-refractivity contribution < 1.29 is 19.1 Å². The van der Waals surface area contributed by atoms with Crippen LogP contribution in [0.1, 0.15) is 168 Å². The molecule has 0 radical (unpaired) electrons. The van der Waals surface area contributed by atoms with Crippen molar-refractivity contribution in [1.29, 1.82) is 0 Å². The van der Waals surface area contributed by atoms with Gasteiger partial charge in [-0.05, 0) is 83.8 Å². The van der Waals surface area contributed by atoms with E-state index >= 15 is 0 Å². The van der Waals surface area contributed by atoms with Crippen molar-refractivity contribution in [1.82, 2.24) is 10.2 Å². The Labute approximate surface area is 253 Å². The summed E-state index contributed by atoms with van der Waals surface area (Å²) < 4.78 is 5.76. The lowest BCUT2D eigenvalue weighted by atomic mass is 10.1. The molecular formula is C35H66N2O4. The van der Waals surface area contributed by atoms with Crippen LogP contribution in [-0.2, 0) is 19.1 Å². The van der Waals surface area contributed by atoms with E-state index in [1.807, 2.05) is 0 Å². The Bertz CT molecular complexity index is 665. The van der Waals surface area contributed by atoms with Gasteiger partial charge in [0.25, 0.3) is 0 Å². The standard InChI is InChI=1S/C35H66N2O4/c1-4-6-7-8-12-17-23-32(5-2)41-33(39)24-18-13-11-15-20-29-37(28-19-14-9-10-16-21-31-38)30-22-27-36-34(40)35(3)25-26-35/h31-32H,4-30H2,1-3H3,(H,36,40). The van der Waals surface area contributed by atoms with E-state index in [9.17, 15) is 14.4 Å². The van der Waals surface area contributed by atoms with Gasteiger partial charge in [0.1, 0.15) is 12.4 Å². The molecule has 0 spiro atoms. The number of hydrogen-bond acceptors (Lipinski definition) is 5. The van der Waals surface area contributed by atoms with Crippen LogP contribution in [0.4, 0.5) is 0 Å². The summed E-state index contributed by atoms with van der Waals surface area (Å²) in [5.74, 6) is 0.217. The number of esters is 1. The number of aldehydes is 1. The Morgan fingerprint density at radius 3 is 1.95 bits per heavy atom. The summed E-state index contributed by atoms with van der Waals surface area (Å²) in [6, 6.07) is 0. The molecule has 1 atom stereocenters. The molecule has 0 aromatic carbocycles. The van der Waals surface area contributed by atoms with E-state index in [4.69, 9.17) is 4.74 Å². The molecule has 0 aliphatic heterocycles. The van der Waals surface area contributed by atoms with Crippen LogP contribution in [0.3, 0.4) is 0 Å². The Morgan fingerprint density at radius 2 is 1.34 bits per heavy atom. The first kappa shape index (κ1) is 37.6. The van der Waals surface area contributed by atoms with Gasteiger partial charge in [-0.25, -0.2) is 0 Å². The van der Waals surface area contributed by atoms with E-state index in [0.717, 1.165) is 90.3 Å². The summed E-state index contributed by atoms with van der Waals surface area (Å²) in [5, 5.41) is 3.14. The molecule has 0 aromatic heterocycles. The van der Waals surface area contributed by atoms with Crippen molar-refractivity contribution in [2.45, 2.75) is 175 Å². The second kappa shape index (κ2) is 25.1. The normalized spacial score (nSPS) is 14.6. The van der Waals surface area contributed by atoms with Gasteiger partial charge in [0.05, 0.1) is 0 Å². The van der Waals surface area contributed by atoms with Crippen LogP contribution in [0, 0.1) is 5.41 Å². The predicted octanol–water partition coefficient (Wildman–Crippen LogP) is 8.55. The first-order valence-electron chi connectivity index (χ1n) is 17.6.